The SMILES string of the molecule is CCCCCCC/C=C\C/C=C\CCCCCC(CCCCCCCC(=O)NC(CCCN)C(=O)O)OC(=O)CCCCCCCCCCCCCCCC. The smallest absolute Gasteiger partial charge is 0.326 e. The summed E-state index contributed by atoms with van der Waals surface area (Å²) in [5, 5.41) is 12.0. The molecule has 322 valence electrons. The number of allylic oxidation sites excluding steroid dienone is 4. The molecule has 0 rings (SSSR count). The van der Waals surface area contributed by atoms with Crippen molar-refractivity contribution in [3.8, 4) is 0 Å². The first-order chi connectivity index (χ1) is 26.9. The Morgan fingerprint density at radius 2 is 0.945 bits per heavy atom. The lowest BCUT2D eigenvalue weighted by Crippen LogP contribution is -2.40. The summed E-state index contributed by atoms with van der Waals surface area (Å²) in [6.07, 6.45) is 49.4. The molecule has 7 nitrogen and oxygen atoms in total. The number of carbonyl (C=O) groups excluding carboxylic acids is 2. The highest BCUT2D eigenvalue weighted by atomic mass is 16.5. The van der Waals surface area contributed by atoms with E-state index in [1.807, 2.05) is 0 Å². The molecule has 0 saturated heterocycles. The molecule has 0 aliphatic heterocycles. The lowest BCUT2D eigenvalue weighted by molar-refractivity contribution is -0.150. The largest absolute Gasteiger partial charge is 0.480 e. The molecule has 0 radical (unpaired) electrons. The van der Waals surface area contributed by atoms with Crippen LogP contribution in [-0.2, 0) is 19.1 Å². The highest BCUT2D eigenvalue weighted by Crippen LogP contribution is 2.19. The van der Waals surface area contributed by atoms with Crippen LogP contribution >= 0.6 is 0 Å². The van der Waals surface area contributed by atoms with Gasteiger partial charge in [0.1, 0.15) is 12.1 Å². The molecule has 0 aromatic rings. The Hall–Kier alpha value is -2.15. The standard InChI is InChI=1S/C48H90N2O5/c1-3-5-7-9-11-13-15-17-19-20-22-24-26-29-33-38-44(39-34-30-28-31-35-41-46(51)50-45(48(53)54)40-37-43-49)55-47(52)42-36-32-27-25-23-21-18-16-14-12-10-8-6-4-2/h15,17,20,22,44-45H,3-14,16,18-19,21,23-43,49H2,1-2H3,(H,50,51)(H,53,54)/b17-15-,22-20-. The van der Waals surface area contributed by atoms with Crippen molar-refractivity contribution in [1.82, 2.24) is 5.32 Å². The summed E-state index contributed by atoms with van der Waals surface area (Å²) in [7, 11) is 0. The van der Waals surface area contributed by atoms with Gasteiger partial charge < -0.3 is 20.9 Å². The van der Waals surface area contributed by atoms with Crippen LogP contribution in [0.4, 0.5) is 0 Å². The molecular formula is C48H90N2O5. The number of carboxylic acids is 1. The third kappa shape index (κ3) is 39.9. The summed E-state index contributed by atoms with van der Waals surface area (Å²) in [4.78, 5) is 36.4. The van der Waals surface area contributed by atoms with E-state index in [1.165, 1.54) is 122 Å². The molecule has 0 heterocycles. The van der Waals surface area contributed by atoms with Gasteiger partial charge >= 0.3 is 11.9 Å². The van der Waals surface area contributed by atoms with Crippen molar-refractivity contribution < 1.29 is 24.2 Å². The van der Waals surface area contributed by atoms with Crippen molar-refractivity contribution >= 4 is 17.8 Å². The van der Waals surface area contributed by atoms with Crippen LogP contribution < -0.4 is 11.1 Å². The minimum atomic E-state index is -1.00. The van der Waals surface area contributed by atoms with Crippen molar-refractivity contribution in [3.05, 3.63) is 24.3 Å². The molecule has 1 amide bonds. The molecule has 0 aliphatic carbocycles. The predicted molar refractivity (Wildman–Crippen MR) is 234 cm³/mol. The van der Waals surface area contributed by atoms with Gasteiger partial charge in [0.05, 0.1) is 0 Å². The summed E-state index contributed by atoms with van der Waals surface area (Å²) in [5.74, 6) is -1.24. The van der Waals surface area contributed by atoms with Crippen LogP contribution in [0.3, 0.4) is 0 Å². The van der Waals surface area contributed by atoms with Crippen molar-refractivity contribution in [1.29, 1.82) is 0 Å². The van der Waals surface area contributed by atoms with E-state index in [0.717, 1.165) is 83.5 Å². The molecule has 2 atom stereocenters. The summed E-state index contributed by atoms with van der Waals surface area (Å²) in [6.45, 7) is 4.95. The van der Waals surface area contributed by atoms with Gasteiger partial charge in [0.25, 0.3) is 0 Å². The number of nitrogens with two attached hydrogens (primary N) is 1. The van der Waals surface area contributed by atoms with Crippen LogP contribution in [0.5, 0.6) is 0 Å². The van der Waals surface area contributed by atoms with E-state index in [9.17, 15) is 19.5 Å². The average molecular weight is 775 g/mol. The van der Waals surface area contributed by atoms with Gasteiger partial charge in [-0.2, -0.15) is 0 Å². The van der Waals surface area contributed by atoms with Gasteiger partial charge in [-0.3, -0.25) is 9.59 Å². The molecular weight excluding hydrogens is 685 g/mol. The molecule has 0 fully saturated rings. The Bertz CT molecular complexity index is 920. The van der Waals surface area contributed by atoms with Gasteiger partial charge in [0.2, 0.25) is 5.91 Å². The van der Waals surface area contributed by atoms with Crippen LogP contribution in [0.25, 0.3) is 0 Å². The minimum absolute atomic E-state index is 0.00551. The highest BCUT2D eigenvalue weighted by Gasteiger charge is 2.19. The summed E-state index contributed by atoms with van der Waals surface area (Å²) in [6, 6.07) is -0.858. The molecule has 0 aliphatic rings. The Morgan fingerprint density at radius 3 is 1.42 bits per heavy atom. The predicted octanol–water partition coefficient (Wildman–Crippen LogP) is 13.6. The number of amides is 1. The zero-order valence-corrected chi connectivity index (χ0v) is 36.3. The number of nitrogens with one attached hydrogen (secondary N) is 1. The van der Waals surface area contributed by atoms with Crippen molar-refractivity contribution in [2.75, 3.05) is 6.54 Å². The maximum absolute atomic E-state index is 12.8. The number of hydrogen-bond donors (Lipinski definition) is 3. The Morgan fingerprint density at radius 1 is 0.527 bits per heavy atom. The number of aliphatic carboxylic acids is 1. The van der Waals surface area contributed by atoms with Crippen LogP contribution in [0.2, 0.25) is 0 Å². The second kappa shape index (κ2) is 43.0. The molecule has 2 unspecified atom stereocenters. The second-order valence-corrected chi connectivity index (χ2v) is 16.2. The normalized spacial score (nSPS) is 12.8. The Kier molecular flexibility index (Phi) is 41.3. The van der Waals surface area contributed by atoms with E-state index in [2.05, 4.69) is 43.5 Å². The van der Waals surface area contributed by atoms with Crippen molar-refractivity contribution in [3.63, 3.8) is 0 Å². The number of carboxylic acid groups (broad SMARTS) is 1. The summed E-state index contributed by atoms with van der Waals surface area (Å²) in [5.41, 5.74) is 5.49. The summed E-state index contributed by atoms with van der Waals surface area (Å²) < 4.78 is 6.06. The van der Waals surface area contributed by atoms with Crippen molar-refractivity contribution in [2.45, 2.75) is 257 Å². The summed E-state index contributed by atoms with van der Waals surface area (Å²) >= 11 is 0. The van der Waals surface area contributed by atoms with Gasteiger partial charge in [-0.1, -0.05) is 173 Å². The Labute approximate surface area is 340 Å². The van der Waals surface area contributed by atoms with E-state index in [1.54, 1.807) is 0 Å². The maximum atomic E-state index is 12.8. The lowest BCUT2D eigenvalue weighted by Gasteiger charge is -2.18. The number of ether oxygens (including phenoxy) is 1. The molecule has 0 saturated carbocycles. The van der Waals surface area contributed by atoms with E-state index >= 15 is 0 Å². The first-order valence-corrected chi connectivity index (χ1v) is 23.7. The Balaban J connectivity index is 4.36. The third-order valence-corrected chi connectivity index (χ3v) is 10.8. The monoisotopic (exact) mass is 775 g/mol. The van der Waals surface area contributed by atoms with Gasteiger partial charge in [-0.05, 0) is 90.0 Å². The topological polar surface area (TPSA) is 119 Å². The zero-order valence-electron chi connectivity index (χ0n) is 36.3. The number of hydrogen-bond acceptors (Lipinski definition) is 5. The number of rotatable bonds is 43. The van der Waals surface area contributed by atoms with Crippen LogP contribution in [0.1, 0.15) is 245 Å². The maximum Gasteiger partial charge on any atom is 0.326 e. The van der Waals surface area contributed by atoms with Gasteiger partial charge in [0, 0.05) is 12.8 Å². The van der Waals surface area contributed by atoms with Gasteiger partial charge in [0.15, 0.2) is 0 Å². The highest BCUT2D eigenvalue weighted by molar-refractivity contribution is 5.83. The number of unbranched alkanes of at least 4 members (excludes halogenated alkanes) is 25. The zero-order chi connectivity index (χ0) is 40.3. The quantitative estimate of drug-likeness (QED) is 0.0322. The lowest BCUT2D eigenvalue weighted by atomic mass is 10.0. The van der Waals surface area contributed by atoms with Crippen molar-refractivity contribution in [2.24, 2.45) is 5.73 Å². The fourth-order valence-corrected chi connectivity index (χ4v) is 7.19. The second-order valence-electron chi connectivity index (χ2n) is 16.2. The number of esters is 1. The minimum Gasteiger partial charge on any atom is -0.480 e. The molecule has 7 heteroatoms. The molecule has 55 heavy (non-hydrogen) atoms. The molecule has 0 aromatic carbocycles. The average Bonchev–Trinajstić information content (AvgIpc) is 3.17. The van der Waals surface area contributed by atoms with E-state index in [0.29, 0.717) is 32.2 Å². The number of carbonyl (C=O) groups is 3. The van der Waals surface area contributed by atoms with Gasteiger partial charge in [-0.15, -0.1) is 0 Å². The fraction of sp³-hybridized carbons (Fsp3) is 0.854. The first-order valence-electron chi connectivity index (χ1n) is 23.7. The van der Waals surface area contributed by atoms with E-state index < -0.39 is 12.0 Å². The van der Waals surface area contributed by atoms with Crippen LogP contribution in [0, 0.1) is 0 Å². The fourth-order valence-electron chi connectivity index (χ4n) is 7.19. The van der Waals surface area contributed by atoms with Crippen LogP contribution in [-0.4, -0.2) is 41.6 Å². The third-order valence-electron chi connectivity index (χ3n) is 10.8. The van der Waals surface area contributed by atoms with Crippen LogP contribution in [0.15, 0.2) is 24.3 Å². The van der Waals surface area contributed by atoms with E-state index in [4.69, 9.17) is 10.5 Å². The molecule has 0 bridgehead atoms. The van der Waals surface area contributed by atoms with E-state index in [-0.39, 0.29) is 18.0 Å². The van der Waals surface area contributed by atoms with Gasteiger partial charge in [-0.25, -0.2) is 4.79 Å². The first kappa shape index (κ1) is 52.9. The molecule has 4 N–H and O–H groups in total. The molecule has 0 aromatic heterocycles. The molecule has 0 spiro atoms.